The third kappa shape index (κ3) is 2.77. The smallest absolute Gasteiger partial charge is 0.308 e. The highest BCUT2D eigenvalue weighted by Crippen LogP contribution is 2.20. The van der Waals surface area contributed by atoms with Crippen molar-refractivity contribution in [3.63, 3.8) is 0 Å². The normalized spacial score (nSPS) is 19.5. The van der Waals surface area contributed by atoms with Gasteiger partial charge in [-0.15, -0.1) is 0 Å². The Morgan fingerprint density at radius 1 is 1.53 bits per heavy atom. The van der Waals surface area contributed by atoms with Crippen LogP contribution in [0.15, 0.2) is 6.20 Å². The van der Waals surface area contributed by atoms with Gasteiger partial charge in [-0.3, -0.25) is 14.3 Å². The zero-order chi connectivity index (χ0) is 14.0. The number of piperidine rings is 1. The minimum atomic E-state index is -0.820. The number of hydrogen-bond acceptors (Lipinski definition) is 3. The van der Waals surface area contributed by atoms with Crippen LogP contribution in [0.2, 0.25) is 0 Å². The fourth-order valence-electron chi connectivity index (χ4n) is 2.51. The second-order valence-corrected chi connectivity index (χ2v) is 4.95. The lowest BCUT2D eigenvalue weighted by Crippen LogP contribution is -2.42. The van der Waals surface area contributed by atoms with E-state index in [1.165, 1.54) is 0 Å². The molecule has 0 saturated carbocycles. The van der Waals surface area contributed by atoms with Gasteiger partial charge >= 0.3 is 5.97 Å². The molecule has 0 aromatic carbocycles. The van der Waals surface area contributed by atoms with E-state index in [9.17, 15) is 9.59 Å². The van der Waals surface area contributed by atoms with Crippen molar-refractivity contribution in [2.45, 2.75) is 26.2 Å². The number of rotatable bonds is 3. The van der Waals surface area contributed by atoms with E-state index in [0.717, 1.165) is 12.1 Å². The van der Waals surface area contributed by atoms with Gasteiger partial charge in [-0.25, -0.2) is 0 Å². The fourth-order valence-corrected chi connectivity index (χ4v) is 2.51. The second kappa shape index (κ2) is 5.42. The summed E-state index contributed by atoms with van der Waals surface area (Å²) in [6.45, 7) is 2.88. The molecular formula is C13H19N3O3. The van der Waals surface area contributed by atoms with Crippen molar-refractivity contribution < 1.29 is 14.7 Å². The number of likely N-dealkylation sites (tertiary alicyclic amines) is 1. The highest BCUT2D eigenvalue weighted by molar-refractivity contribution is 5.95. The minimum Gasteiger partial charge on any atom is -0.481 e. The highest BCUT2D eigenvalue weighted by Gasteiger charge is 2.30. The predicted molar refractivity (Wildman–Crippen MR) is 68.8 cm³/mol. The van der Waals surface area contributed by atoms with Gasteiger partial charge in [0.05, 0.1) is 17.2 Å². The number of carbonyl (C=O) groups excluding carboxylic acids is 1. The van der Waals surface area contributed by atoms with Crippen LogP contribution in [-0.4, -0.2) is 44.8 Å². The van der Waals surface area contributed by atoms with Crippen molar-refractivity contribution >= 4 is 11.9 Å². The molecule has 0 unspecified atom stereocenters. The molecule has 19 heavy (non-hydrogen) atoms. The van der Waals surface area contributed by atoms with Crippen molar-refractivity contribution in [2.24, 2.45) is 13.0 Å². The summed E-state index contributed by atoms with van der Waals surface area (Å²) in [6, 6.07) is 0. The van der Waals surface area contributed by atoms with Crippen LogP contribution in [0.5, 0.6) is 0 Å². The Kier molecular flexibility index (Phi) is 3.87. The molecular weight excluding hydrogens is 246 g/mol. The van der Waals surface area contributed by atoms with Crippen LogP contribution >= 0.6 is 0 Å². The van der Waals surface area contributed by atoms with Crippen LogP contribution in [0.1, 0.15) is 35.8 Å². The van der Waals surface area contributed by atoms with Crippen molar-refractivity contribution in [2.75, 3.05) is 13.1 Å². The first-order valence-corrected chi connectivity index (χ1v) is 6.57. The summed E-state index contributed by atoms with van der Waals surface area (Å²) in [5.41, 5.74) is 1.36. The largest absolute Gasteiger partial charge is 0.481 e. The highest BCUT2D eigenvalue weighted by atomic mass is 16.4. The standard InChI is InChI=1S/C13H19N3O3/c1-3-11-10(8-15(2)14-11)12(17)16-6-4-5-9(7-16)13(18)19/h8-9H,3-7H2,1-2H3,(H,18,19)/t9-/m1/s1. The summed E-state index contributed by atoms with van der Waals surface area (Å²) in [5, 5.41) is 13.3. The molecule has 6 nitrogen and oxygen atoms in total. The van der Waals surface area contributed by atoms with Crippen LogP contribution in [0.3, 0.4) is 0 Å². The number of carboxylic acid groups (broad SMARTS) is 1. The van der Waals surface area contributed by atoms with E-state index >= 15 is 0 Å². The average molecular weight is 265 g/mol. The number of aromatic nitrogens is 2. The van der Waals surface area contributed by atoms with Crippen LogP contribution < -0.4 is 0 Å². The van der Waals surface area contributed by atoms with E-state index in [1.54, 1.807) is 22.8 Å². The SMILES string of the molecule is CCc1nn(C)cc1C(=O)N1CCC[C@@H](C(=O)O)C1. The Bertz CT molecular complexity index is 495. The number of aliphatic carboxylic acids is 1. The summed E-state index contributed by atoms with van der Waals surface area (Å²) in [6.07, 6.45) is 3.79. The van der Waals surface area contributed by atoms with Crippen molar-refractivity contribution in [3.8, 4) is 0 Å². The maximum Gasteiger partial charge on any atom is 0.308 e. The van der Waals surface area contributed by atoms with E-state index < -0.39 is 11.9 Å². The Hall–Kier alpha value is -1.85. The molecule has 1 atom stereocenters. The Morgan fingerprint density at radius 3 is 2.89 bits per heavy atom. The van der Waals surface area contributed by atoms with Crippen molar-refractivity contribution in [1.82, 2.24) is 14.7 Å². The molecule has 104 valence electrons. The third-order valence-electron chi connectivity index (χ3n) is 3.53. The summed E-state index contributed by atoms with van der Waals surface area (Å²) in [5.74, 6) is -1.37. The summed E-state index contributed by atoms with van der Waals surface area (Å²) in [7, 11) is 1.78. The molecule has 1 amide bonds. The first-order valence-electron chi connectivity index (χ1n) is 6.57. The van der Waals surface area contributed by atoms with Crippen LogP contribution in [0.25, 0.3) is 0 Å². The number of hydrogen-bond donors (Lipinski definition) is 1. The van der Waals surface area contributed by atoms with Gasteiger partial charge in [0.1, 0.15) is 0 Å². The number of carboxylic acids is 1. The zero-order valence-electron chi connectivity index (χ0n) is 11.3. The lowest BCUT2D eigenvalue weighted by atomic mass is 9.97. The Balaban J connectivity index is 2.16. The molecule has 2 heterocycles. The van der Waals surface area contributed by atoms with Gasteiger partial charge in [0.15, 0.2) is 0 Å². The van der Waals surface area contributed by atoms with Gasteiger partial charge in [-0.05, 0) is 19.3 Å². The third-order valence-corrected chi connectivity index (χ3v) is 3.53. The molecule has 1 N–H and O–H groups in total. The van der Waals surface area contributed by atoms with Gasteiger partial charge in [0.25, 0.3) is 5.91 Å². The molecule has 1 aromatic heterocycles. The van der Waals surface area contributed by atoms with Gasteiger partial charge in [0.2, 0.25) is 0 Å². The maximum absolute atomic E-state index is 12.4. The van der Waals surface area contributed by atoms with Crippen molar-refractivity contribution in [3.05, 3.63) is 17.5 Å². The molecule has 1 aromatic rings. The number of amides is 1. The number of carbonyl (C=O) groups is 2. The Morgan fingerprint density at radius 2 is 2.26 bits per heavy atom. The van der Waals surface area contributed by atoms with Crippen LogP contribution in [0.4, 0.5) is 0 Å². The van der Waals surface area contributed by atoms with Crippen LogP contribution in [0, 0.1) is 5.92 Å². The first-order chi connectivity index (χ1) is 9.02. The zero-order valence-corrected chi connectivity index (χ0v) is 11.3. The summed E-state index contributed by atoms with van der Waals surface area (Å²) < 4.78 is 1.63. The monoisotopic (exact) mass is 265 g/mol. The average Bonchev–Trinajstić information content (AvgIpc) is 2.79. The van der Waals surface area contributed by atoms with E-state index in [-0.39, 0.29) is 5.91 Å². The summed E-state index contributed by atoms with van der Waals surface area (Å²) >= 11 is 0. The molecule has 0 bridgehead atoms. The molecule has 0 radical (unpaired) electrons. The van der Waals surface area contributed by atoms with E-state index in [0.29, 0.717) is 31.5 Å². The van der Waals surface area contributed by atoms with Crippen LogP contribution in [-0.2, 0) is 18.3 Å². The van der Waals surface area contributed by atoms with Gasteiger partial charge in [0, 0.05) is 26.3 Å². The number of aryl methyl sites for hydroxylation is 2. The Labute approximate surface area is 112 Å². The molecule has 2 rings (SSSR count). The number of nitrogens with zero attached hydrogens (tertiary/aromatic N) is 3. The topological polar surface area (TPSA) is 75.4 Å². The quantitative estimate of drug-likeness (QED) is 0.881. The fraction of sp³-hybridized carbons (Fsp3) is 0.615. The van der Waals surface area contributed by atoms with E-state index in [4.69, 9.17) is 5.11 Å². The second-order valence-electron chi connectivity index (χ2n) is 4.95. The molecule has 1 saturated heterocycles. The summed E-state index contributed by atoms with van der Waals surface area (Å²) in [4.78, 5) is 25.1. The lowest BCUT2D eigenvalue weighted by molar-refractivity contribution is -0.143. The van der Waals surface area contributed by atoms with E-state index in [2.05, 4.69) is 5.10 Å². The van der Waals surface area contributed by atoms with Crippen molar-refractivity contribution in [1.29, 1.82) is 0 Å². The minimum absolute atomic E-state index is 0.101. The maximum atomic E-state index is 12.4. The van der Waals surface area contributed by atoms with Gasteiger partial charge < -0.3 is 10.0 Å². The van der Waals surface area contributed by atoms with Gasteiger partial charge in [-0.1, -0.05) is 6.92 Å². The first kappa shape index (κ1) is 13.6. The molecule has 6 heteroatoms. The molecule has 1 fully saturated rings. The molecule has 0 aliphatic carbocycles. The lowest BCUT2D eigenvalue weighted by Gasteiger charge is -2.30. The molecule has 1 aliphatic heterocycles. The molecule has 0 spiro atoms. The molecule has 1 aliphatic rings. The predicted octanol–water partition coefficient (Wildman–Crippen LogP) is 0.919. The van der Waals surface area contributed by atoms with Gasteiger partial charge in [-0.2, -0.15) is 5.10 Å². The van der Waals surface area contributed by atoms with E-state index in [1.807, 2.05) is 6.92 Å².